The average Bonchev–Trinajstić information content (AvgIpc) is 2.40. The number of rotatable bonds is 9. The van der Waals surface area contributed by atoms with Gasteiger partial charge in [0, 0.05) is 24.7 Å². The molecular weight excluding hydrogens is 251 g/mol. The van der Waals surface area contributed by atoms with E-state index in [2.05, 4.69) is 37.9 Å². The molecule has 2 nitrogen and oxygen atoms in total. The van der Waals surface area contributed by atoms with Crippen molar-refractivity contribution in [3.8, 4) is 0 Å². The van der Waals surface area contributed by atoms with E-state index in [0.717, 1.165) is 43.6 Å². The fourth-order valence-electron chi connectivity index (χ4n) is 2.32. The lowest BCUT2D eigenvalue weighted by molar-refractivity contribution is 0.262. The second-order valence-corrected chi connectivity index (χ2v) is 5.74. The van der Waals surface area contributed by atoms with Crippen LogP contribution >= 0.6 is 0 Å². The Hall–Kier alpha value is -0.930. The molecule has 0 saturated carbocycles. The molecule has 0 aliphatic heterocycles. The van der Waals surface area contributed by atoms with Crippen molar-refractivity contribution in [1.29, 1.82) is 0 Å². The van der Waals surface area contributed by atoms with Crippen LogP contribution < -0.4 is 5.32 Å². The van der Waals surface area contributed by atoms with Crippen LogP contribution in [0.5, 0.6) is 0 Å². The van der Waals surface area contributed by atoms with E-state index in [9.17, 15) is 4.39 Å². The van der Waals surface area contributed by atoms with Gasteiger partial charge < -0.3 is 5.32 Å². The van der Waals surface area contributed by atoms with Crippen molar-refractivity contribution in [2.75, 3.05) is 13.1 Å². The third-order valence-corrected chi connectivity index (χ3v) is 3.30. The predicted octanol–water partition coefficient (Wildman–Crippen LogP) is 3.95. The van der Waals surface area contributed by atoms with Crippen LogP contribution in [0.25, 0.3) is 0 Å². The molecule has 0 bridgehead atoms. The highest BCUT2D eigenvalue weighted by Gasteiger charge is 2.09. The first kappa shape index (κ1) is 17.1. The third-order valence-electron chi connectivity index (χ3n) is 3.30. The molecule has 1 N–H and O–H groups in total. The molecule has 0 fully saturated rings. The molecule has 0 atom stereocenters. The Bertz CT molecular complexity index is 385. The van der Waals surface area contributed by atoms with Crippen molar-refractivity contribution in [2.45, 2.75) is 59.7 Å². The van der Waals surface area contributed by atoms with Crippen LogP contribution in [0.15, 0.2) is 18.2 Å². The molecule has 1 aromatic rings. The van der Waals surface area contributed by atoms with Crippen molar-refractivity contribution >= 4 is 0 Å². The van der Waals surface area contributed by atoms with Crippen LogP contribution in [0.2, 0.25) is 0 Å². The molecule has 0 amide bonds. The van der Waals surface area contributed by atoms with Crippen LogP contribution in [0.1, 0.15) is 51.7 Å². The van der Waals surface area contributed by atoms with E-state index in [1.165, 1.54) is 0 Å². The Morgan fingerprint density at radius 2 is 1.80 bits per heavy atom. The molecular formula is C17H29FN2. The quantitative estimate of drug-likeness (QED) is 0.737. The van der Waals surface area contributed by atoms with E-state index >= 15 is 0 Å². The zero-order valence-electron chi connectivity index (χ0n) is 13.4. The summed E-state index contributed by atoms with van der Waals surface area (Å²) in [4.78, 5) is 2.33. The molecule has 20 heavy (non-hydrogen) atoms. The minimum Gasteiger partial charge on any atom is -0.310 e. The second-order valence-electron chi connectivity index (χ2n) is 5.74. The first-order chi connectivity index (χ1) is 9.56. The Morgan fingerprint density at radius 3 is 2.35 bits per heavy atom. The molecule has 1 rings (SSSR count). The van der Waals surface area contributed by atoms with Gasteiger partial charge in [0.1, 0.15) is 5.82 Å². The minimum atomic E-state index is -0.0875. The van der Waals surface area contributed by atoms with Gasteiger partial charge >= 0.3 is 0 Å². The Morgan fingerprint density at radius 1 is 1.15 bits per heavy atom. The summed E-state index contributed by atoms with van der Waals surface area (Å²) in [5, 5.41) is 3.38. The molecule has 0 radical (unpaired) electrons. The number of benzene rings is 1. The summed E-state index contributed by atoms with van der Waals surface area (Å²) < 4.78 is 14.0. The molecule has 0 heterocycles. The molecule has 0 aliphatic carbocycles. The summed E-state index contributed by atoms with van der Waals surface area (Å²) in [5.41, 5.74) is 1.97. The first-order valence-electron chi connectivity index (χ1n) is 7.79. The summed E-state index contributed by atoms with van der Waals surface area (Å²) in [6.45, 7) is 12.1. The molecule has 0 unspecified atom stereocenters. The van der Waals surface area contributed by atoms with Gasteiger partial charge in [-0.2, -0.15) is 0 Å². The molecule has 114 valence electrons. The summed E-state index contributed by atoms with van der Waals surface area (Å²) in [5.74, 6) is -0.0875. The highest BCUT2D eigenvalue weighted by molar-refractivity contribution is 5.25. The van der Waals surface area contributed by atoms with E-state index in [1.54, 1.807) is 6.07 Å². The average molecular weight is 280 g/mol. The van der Waals surface area contributed by atoms with Crippen LogP contribution in [0.4, 0.5) is 4.39 Å². The Labute approximate surface area is 123 Å². The molecule has 3 heteroatoms. The van der Waals surface area contributed by atoms with Crippen molar-refractivity contribution in [3.05, 3.63) is 35.1 Å². The van der Waals surface area contributed by atoms with Gasteiger partial charge in [-0.1, -0.05) is 39.8 Å². The zero-order chi connectivity index (χ0) is 15.0. The van der Waals surface area contributed by atoms with E-state index < -0.39 is 0 Å². The number of nitrogens with zero attached hydrogens (tertiary/aromatic N) is 1. The fraction of sp³-hybridized carbons (Fsp3) is 0.647. The molecule has 0 saturated heterocycles. The summed E-state index contributed by atoms with van der Waals surface area (Å²) >= 11 is 0. The van der Waals surface area contributed by atoms with Crippen molar-refractivity contribution in [1.82, 2.24) is 10.2 Å². The monoisotopic (exact) mass is 280 g/mol. The topological polar surface area (TPSA) is 15.3 Å². The minimum absolute atomic E-state index is 0.0875. The summed E-state index contributed by atoms with van der Waals surface area (Å²) in [6, 6.07) is 5.92. The Kier molecular flexibility index (Phi) is 7.78. The lowest BCUT2D eigenvalue weighted by atomic mass is 10.1. The molecule has 1 aromatic carbocycles. The maximum absolute atomic E-state index is 14.0. The van der Waals surface area contributed by atoms with Gasteiger partial charge in [-0.3, -0.25) is 4.90 Å². The van der Waals surface area contributed by atoms with Crippen LogP contribution in [0, 0.1) is 5.82 Å². The standard InChI is InChI=1S/C17H29FN2/c1-5-9-20(10-6-2)13-16-11-15(7-8-17(16)18)12-19-14(3)4/h7-8,11,14,19H,5-6,9-10,12-13H2,1-4H3. The normalized spacial score (nSPS) is 11.6. The third kappa shape index (κ3) is 6.02. The molecule has 0 aliphatic rings. The van der Waals surface area contributed by atoms with E-state index in [4.69, 9.17) is 0 Å². The highest BCUT2D eigenvalue weighted by Crippen LogP contribution is 2.14. The van der Waals surface area contributed by atoms with E-state index in [1.807, 2.05) is 12.1 Å². The fourth-order valence-corrected chi connectivity index (χ4v) is 2.32. The molecule has 0 spiro atoms. The largest absolute Gasteiger partial charge is 0.310 e. The van der Waals surface area contributed by atoms with Crippen LogP contribution in [0.3, 0.4) is 0 Å². The van der Waals surface area contributed by atoms with Gasteiger partial charge in [-0.25, -0.2) is 4.39 Å². The smallest absolute Gasteiger partial charge is 0.127 e. The van der Waals surface area contributed by atoms with Gasteiger partial charge in [-0.15, -0.1) is 0 Å². The van der Waals surface area contributed by atoms with Gasteiger partial charge in [-0.05, 0) is 37.6 Å². The predicted molar refractivity (Wildman–Crippen MR) is 84.2 cm³/mol. The van der Waals surface area contributed by atoms with Gasteiger partial charge in [0.2, 0.25) is 0 Å². The lowest BCUT2D eigenvalue weighted by Crippen LogP contribution is -2.26. The van der Waals surface area contributed by atoms with Gasteiger partial charge in [0.05, 0.1) is 0 Å². The number of nitrogens with one attached hydrogen (secondary N) is 1. The number of hydrogen-bond donors (Lipinski definition) is 1. The van der Waals surface area contributed by atoms with E-state index in [-0.39, 0.29) is 5.82 Å². The van der Waals surface area contributed by atoms with Crippen LogP contribution in [-0.2, 0) is 13.1 Å². The first-order valence-corrected chi connectivity index (χ1v) is 7.79. The lowest BCUT2D eigenvalue weighted by Gasteiger charge is -2.21. The Balaban J connectivity index is 2.73. The van der Waals surface area contributed by atoms with E-state index in [0.29, 0.717) is 12.6 Å². The summed E-state index contributed by atoms with van der Waals surface area (Å²) in [7, 11) is 0. The molecule has 0 aromatic heterocycles. The summed E-state index contributed by atoms with van der Waals surface area (Å²) in [6.07, 6.45) is 2.21. The zero-order valence-corrected chi connectivity index (χ0v) is 13.4. The van der Waals surface area contributed by atoms with Crippen molar-refractivity contribution in [2.24, 2.45) is 0 Å². The SMILES string of the molecule is CCCN(CCC)Cc1cc(CNC(C)C)ccc1F. The van der Waals surface area contributed by atoms with Crippen molar-refractivity contribution < 1.29 is 4.39 Å². The van der Waals surface area contributed by atoms with Gasteiger partial charge in [0.15, 0.2) is 0 Å². The maximum atomic E-state index is 14.0. The highest BCUT2D eigenvalue weighted by atomic mass is 19.1. The van der Waals surface area contributed by atoms with Crippen molar-refractivity contribution in [3.63, 3.8) is 0 Å². The maximum Gasteiger partial charge on any atom is 0.127 e. The van der Waals surface area contributed by atoms with Crippen LogP contribution in [-0.4, -0.2) is 24.0 Å². The number of hydrogen-bond acceptors (Lipinski definition) is 2. The number of halogens is 1. The van der Waals surface area contributed by atoms with Gasteiger partial charge in [0.25, 0.3) is 0 Å². The second kappa shape index (κ2) is 9.09.